The van der Waals surface area contributed by atoms with Gasteiger partial charge in [-0.25, -0.2) is 4.79 Å². The van der Waals surface area contributed by atoms with Crippen molar-refractivity contribution >= 4 is 30.1 Å². The molecule has 3 rings (SSSR count). The Labute approximate surface area is 171 Å². The van der Waals surface area contributed by atoms with Crippen LogP contribution in [0.5, 0.6) is 5.75 Å². The molecule has 0 spiro atoms. The summed E-state index contributed by atoms with van der Waals surface area (Å²) in [5, 5.41) is 16.0. The number of piperidine rings is 1. The average molecular weight is 414 g/mol. The number of anilines is 1. The lowest BCUT2D eigenvalue weighted by Gasteiger charge is -2.33. The van der Waals surface area contributed by atoms with Gasteiger partial charge in [-0.1, -0.05) is 6.07 Å². The van der Waals surface area contributed by atoms with Crippen LogP contribution in [0.15, 0.2) is 18.2 Å². The zero-order chi connectivity index (χ0) is 19.2. The Bertz CT molecular complexity index is 680. The number of aliphatic hydroxyl groups excluding tert-OH is 1. The van der Waals surface area contributed by atoms with E-state index in [-0.39, 0.29) is 31.0 Å². The Morgan fingerprint density at radius 1 is 1.36 bits per heavy atom. The number of carbonyl (C=O) groups is 2. The number of alkyl carbamates (subject to hydrolysis) is 1. The fraction of sp³-hybridized carbons (Fsp3) is 0.579. The highest BCUT2D eigenvalue weighted by Crippen LogP contribution is 2.31. The standard InChI is InChI=1S/C19H27N3O5.ClH/c1-26-19(25)20-13-7-9-22(10-8-13)11-14(23)12-27-17-4-2-3-16-15(17)5-6-18(24)21-16;/h2-4,13-14,23H,5-12H2,1H3,(H,20,25)(H,21,24);1H. The van der Waals surface area contributed by atoms with Gasteiger partial charge in [0.2, 0.25) is 5.91 Å². The van der Waals surface area contributed by atoms with Crippen molar-refractivity contribution in [2.75, 3.05) is 38.7 Å². The molecule has 1 fully saturated rings. The van der Waals surface area contributed by atoms with Crippen molar-refractivity contribution in [1.29, 1.82) is 0 Å². The summed E-state index contributed by atoms with van der Waals surface area (Å²) in [6.07, 6.45) is 1.75. The summed E-state index contributed by atoms with van der Waals surface area (Å²) in [7, 11) is 1.36. The Morgan fingerprint density at radius 3 is 2.82 bits per heavy atom. The number of β-amino-alcohol motifs (C(OH)–C–C–N with tert-alkyl or cyclic N) is 1. The predicted octanol–water partition coefficient (Wildman–Crippen LogP) is 1.55. The summed E-state index contributed by atoms with van der Waals surface area (Å²) < 4.78 is 10.5. The largest absolute Gasteiger partial charge is 0.490 e. The third kappa shape index (κ3) is 5.98. The topological polar surface area (TPSA) is 100 Å². The van der Waals surface area contributed by atoms with Gasteiger partial charge < -0.3 is 30.1 Å². The SMILES string of the molecule is COC(=O)NC1CCN(CC(O)COc2cccc3c2CCC(=O)N3)CC1.Cl. The number of nitrogens with zero attached hydrogens (tertiary/aromatic N) is 1. The summed E-state index contributed by atoms with van der Waals surface area (Å²) in [5.74, 6) is 0.734. The molecule has 1 aromatic rings. The molecule has 2 aliphatic rings. The maximum Gasteiger partial charge on any atom is 0.407 e. The van der Waals surface area contributed by atoms with E-state index in [1.807, 2.05) is 18.2 Å². The number of halogens is 1. The van der Waals surface area contributed by atoms with Crippen molar-refractivity contribution in [2.45, 2.75) is 37.8 Å². The number of benzene rings is 1. The van der Waals surface area contributed by atoms with Gasteiger partial charge >= 0.3 is 6.09 Å². The number of likely N-dealkylation sites (tertiary alicyclic amines) is 1. The Hall–Kier alpha value is -2.03. The number of rotatable bonds is 6. The second-order valence-electron chi connectivity index (χ2n) is 7.01. The molecule has 2 amide bonds. The minimum Gasteiger partial charge on any atom is -0.490 e. The van der Waals surface area contributed by atoms with Crippen LogP contribution in [-0.2, 0) is 16.0 Å². The highest BCUT2D eigenvalue weighted by molar-refractivity contribution is 5.94. The van der Waals surface area contributed by atoms with Gasteiger partial charge in [-0.3, -0.25) is 4.79 Å². The quantitative estimate of drug-likeness (QED) is 0.654. The highest BCUT2D eigenvalue weighted by atomic mass is 35.5. The minimum absolute atomic E-state index is 0. The van der Waals surface area contributed by atoms with Gasteiger partial charge in [0.15, 0.2) is 0 Å². The van der Waals surface area contributed by atoms with Crippen LogP contribution in [0, 0.1) is 0 Å². The number of aliphatic hydroxyl groups is 1. The number of fused-ring (bicyclic) bond motifs is 1. The van der Waals surface area contributed by atoms with Gasteiger partial charge in [-0.05, 0) is 31.4 Å². The molecular weight excluding hydrogens is 386 g/mol. The molecule has 0 aliphatic carbocycles. The molecule has 1 unspecified atom stereocenters. The van der Waals surface area contributed by atoms with E-state index in [0.717, 1.165) is 37.2 Å². The van der Waals surface area contributed by atoms with Gasteiger partial charge in [0.25, 0.3) is 0 Å². The molecule has 3 N–H and O–H groups in total. The number of hydrogen-bond acceptors (Lipinski definition) is 6. The first-order chi connectivity index (χ1) is 13.0. The van der Waals surface area contributed by atoms with Crippen molar-refractivity contribution in [3.05, 3.63) is 23.8 Å². The molecular formula is C19H28ClN3O5. The minimum atomic E-state index is -0.607. The maximum absolute atomic E-state index is 11.5. The monoisotopic (exact) mass is 413 g/mol. The van der Waals surface area contributed by atoms with E-state index in [9.17, 15) is 14.7 Å². The second-order valence-corrected chi connectivity index (χ2v) is 7.01. The van der Waals surface area contributed by atoms with Crippen molar-refractivity contribution in [2.24, 2.45) is 0 Å². The van der Waals surface area contributed by atoms with Crippen LogP contribution in [0.1, 0.15) is 24.8 Å². The molecule has 0 radical (unpaired) electrons. The Balaban J connectivity index is 0.00000280. The van der Waals surface area contributed by atoms with E-state index in [1.165, 1.54) is 7.11 Å². The number of ether oxygens (including phenoxy) is 2. The van der Waals surface area contributed by atoms with Crippen molar-refractivity contribution in [1.82, 2.24) is 10.2 Å². The van der Waals surface area contributed by atoms with E-state index in [4.69, 9.17) is 4.74 Å². The van der Waals surface area contributed by atoms with Crippen LogP contribution in [0.3, 0.4) is 0 Å². The zero-order valence-electron chi connectivity index (χ0n) is 16.0. The molecule has 2 heterocycles. The van der Waals surface area contributed by atoms with E-state index in [1.54, 1.807) is 0 Å². The van der Waals surface area contributed by atoms with Crippen molar-refractivity contribution in [3.63, 3.8) is 0 Å². The molecule has 0 aromatic heterocycles. The lowest BCUT2D eigenvalue weighted by molar-refractivity contribution is -0.116. The maximum atomic E-state index is 11.5. The van der Waals surface area contributed by atoms with Gasteiger partial charge in [0.05, 0.1) is 7.11 Å². The van der Waals surface area contributed by atoms with E-state index in [2.05, 4.69) is 20.3 Å². The van der Waals surface area contributed by atoms with Crippen LogP contribution in [-0.4, -0.2) is 67.5 Å². The van der Waals surface area contributed by atoms with Gasteiger partial charge in [-0.15, -0.1) is 12.4 Å². The van der Waals surface area contributed by atoms with Crippen LogP contribution in [0.4, 0.5) is 10.5 Å². The molecule has 8 nitrogen and oxygen atoms in total. The summed E-state index contributed by atoms with van der Waals surface area (Å²) >= 11 is 0. The lowest BCUT2D eigenvalue weighted by atomic mass is 10.0. The molecule has 1 saturated heterocycles. The summed E-state index contributed by atoms with van der Waals surface area (Å²) in [5.41, 5.74) is 1.78. The normalized spacial score (nSPS) is 18.3. The van der Waals surface area contributed by atoms with Crippen LogP contribution in [0.25, 0.3) is 0 Å². The second kappa shape index (κ2) is 10.5. The van der Waals surface area contributed by atoms with Crippen LogP contribution >= 0.6 is 12.4 Å². The summed E-state index contributed by atoms with van der Waals surface area (Å²) in [6, 6.07) is 5.69. The molecule has 9 heteroatoms. The molecule has 2 aliphatic heterocycles. The average Bonchev–Trinajstić information content (AvgIpc) is 2.67. The van der Waals surface area contributed by atoms with Crippen LogP contribution < -0.4 is 15.4 Å². The first-order valence-electron chi connectivity index (χ1n) is 9.34. The molecule has 1 atom stereocenters. The fourth-order valence-corrected chi connectivity index (χ4v) is 3.55. The summed E-state index contributed by atoms with van der Waals surface area (Å²) in [4.78, 5) is 24.9. The number of methoxy groups -OCH3 is 1. The highest BCUT2D eigenvalue weighted by Gasteiger charge is 2.23. The van der Waals surface area contributed by atoms with Crippen LogP contribution in [0.2, 0.25) is 0 Å². The molecule has 1 aromatic carbocycles. The molecule has 0 bridgehead atoms. The summed E-state index contributed by atoms with van der Waals surface area (Å²) in [6.45, 7) is 2.33. The third-order valence-electron chi connectivity index (χ3n) is 5.00. The first kappa shape index (κ1) is 22.3. The van der Waals surface area contributed by atoms with E-state index in [0.29, 0.717) is 25.1 Å². The number of carbonyl (C=O) groups excluding carboxylic acids is 2. The first-order valence-corrected chi connectivity index (χ1v) is 9.34. The van der Waals surface area contributed by atoms with Crippen molar-refractivity contribution in [3.8, 4) is 5.75 Å². The van der Waals surface area contributed by atoms with Crippen molar-refractivity contribution < 1.29 is 24.2 Å². The van der Waals surface area contributed by atoms with Gasteiger partial charge in [0.1, 0.15) is 18.5 Å². The Kier molecular flexibility index (Phi) is 8.35. The van der Waals surface area contributed by atoms with E-state index < -0.39 is 12.2 Å². The molecule has 0 saturated carbocycles. The molecule has 28 heavy (non-hydrogen) atoms. The van der Waals surface area contributed by atoms with E-state index >= 15 is 0 Å². The van der Waals surface area contributed by atoms with Gasteiger partial charge in [0, 0.05) is 43.3 Å². The third-order valence-corrected chi connectivity index (χ3v) is 5.00. The number of nitrogens with one attached hydrogen (secondary N) is 2. The lowest BCUT2D eigenvalue weighted by Crippen LogP contribution is -2.47. The van der Waals surface area contributed by atoms with Gasteiger partial charge in [-0.2, -0.15) is 0 Å². The zero-order valence-corrected chi connectivity index (χ0v) is 16.8. The Morgan fingerprint density at radius 2 is 2.11 bits per heavy atom. The fourth-order valence-electron chi connectivity index (χ4n) is 3.55. The predicted molar refractivity (Wildman–Crippen MR) is 107 cm³/mol. The number of hydrogen-bond donors (Lipinski definition) is 3. The number of amides is 2. The smallest absolute Gasteiger partial charge is 0.407 e. The molecule has 156 valence electrons.